The van der Waals surface area contributed by atoms with Gasteiger partial charge >= 0.3 is 0 Å². The van der Waals surface area contributed by atoms with E-state index in [1.54, 1.807) is 6.07 Å². The first kappa shape index (κ1) is 6.80. The van der Waals surface area contributed by atoms with Crippen molar-refractivity contribution in [1.29, 1.82) is 0 Å². The van der Waals surface area contributed by atoms with Gasteiger partial charge in [0.2, 0.25) is 0 Å². The predicted molar refractivity (Wildman–Crippen MR) is 41.8 cm³/mol. The molecule has 0 fully saturated rings. The third-order valence-electron chi connectivity index (χ3n) is 2.13. The molecule has 58 valence electrons. The molecule has 0 aliphatic heterocycles. The van der Waals surface area contributed by atoms with Gasteiger partial charge in [0.05, 0.1) is 0 Å². The molecule has 2 rings (SSSR count). The Balaban J connectivity index is 2.43. The van der Waals surface area contributed by atoms with Crippen molar-refractivity contribution in [1.82, 2.24) is 0 Å². The van der Waals surface area contributed by atoms with Crippen LogP contribution in [0.4, 0.5) is 4.39 Å². The summed E-state index contributed by atoms with van der Waals surface area (Å²) in [4.78, 5) is 0. The molecule has 0 radical (unpaired) electrons. The molecule has 1 atom stereocenters. The van der Waals surface area contributed by atoms with Gasteiger partial charge in [-0.05, 0) is 36.1 Å². The molecule has 0 saturated carbocycles. The van der Waals surface area contributed by atoms with Crippen molar-refractivity contribution >= 4 is 0 Å². The first-order valence-electron chi connectivity index (χ1n) is 3.78. The Morgan fingerprint density at radius 2 is 2.00 bits per heavy atom. The Morgan fingerprint density at radius 1 is 1.27 bits per heavy atom. The van der Waals surface area contributed by atoms with Gasteiger partial charge in [-0.25, -0.2) is 4.39 Å². The predicted octanol–water partition coefficient (Wildman–Crippen LogP) is 1.25. The molecule has 1 nitrogen and oxygen atoms in total. The van der Waals surface area contributed by atoms with Crippen LogP contribution in [-0.2, 0) is 12.8 Å². The van der Waals surface area contributed by atoms with E-state index < -0.39 is 0 Å². The number of fused-ring (bicyclic) bond motifs is 1. The van der Waals surface area contributed by atoms with E-state index in [1.165, 1.54) is 11.6 Å². The number of hydrogen-bond donors (Lipinski definition) is 1. The SMILES string of the molecule is N[C@@H]1Cc2ccc(F)cc2C1. The molecule has 0 saturated heterocycles. The second-order valence-electron chi connectivity index (χ2n) is 3.08. The standard InChI is InChI=1S/C9H10FN/c10-8-2-1-6-4-9(11)5-7(6)3-8/h1-3,9H,4-5,11H2/t9-/m1/s1. The first-order chi connectivity index (χ1) is 5.25. The molecule has 0 amide bonds. The summed E-state index contributed by atoms with van der Waals surface area (Å²) < 4.78 is 12.6. The third-order valence-corrected chi connectivity index (χ3v) is 2.13. The van der Waals surface area contributed by atoms with Crippen molar-refractivity contribution in [3.8, 4) is 0 Å². The van der Waals surface area contributed by atoms with Gasteiger partial charge in [-0.1, -0.05) is 6.07 Å². The highest BCUT2D eigenvalue weighted by molar-refractivity contribution is 5.33. The van der Waals surface area contributed by atoms with Crippen molar-refractivity contribution in [3.63, 3.8) is 0 Å². The summed E-state index contributed by atoms with van der Waals surface area (Å²) >= 11 is 0. The molecule has 0 heterocycles. The maximum atomic E-state index is 12.6. The number of benzene rings is 1. The van der Waals surface area contributed by atoms with E-state index in [1.807, 2.05) is 6.07 Å². The van der Waals surface area contributed by atoms with Crippen LogP contribution >= 0.6 is 0 Å². The Kier molecular flexibility index (Phi) is 1.43. The fourth-order valence-corrected chi connectivity index (χ4v) is 1.62. The van der Waals surface area contributed by atoms with Crippen molar-refractivity contribution in [2.24, 2.45) is 5.73 Å². The highest BCUT2D eigenvalue weighted by Crippen LogP contribution is 2.21. The summed E-state index contributed by atoms with van der Waals surface area (Å²) in [6.45, 7) is 0. The lowest BCUT2D eigenvalue weighted by atomic mass is 10.1. The second-order valence-corrected chi connectivity index (χ2v) is 3.08. The lowest BCUT2D eigenvalue weighted by Gasteiger charge is -1.95. The third kappa shape index (κ3) is 1.14. The molecule has 2 N–H and O–H groups in total. The lowest BCUT2D eigenvalue weighted by molar-refractivity contribution is 0.625. The molecule has 11 heavy (non-hydrogen) atoms. The maximum absolute atomic E-state index is 12.6. The summed E-state index contributed by atoms with van der Waals surface area (Å²) in [6.07, 6.45) is 1.72. The fraction of sp³-hybridized carbons (Fsp3) is 0.333. The molecule has 0 spiro atoms. The molecular weight excluding hydrogens is 141 g/mol. The highest BCUT2D eigenvalue weighted by Gasteiger charge is 2.17. The van der Waals surface area contributed by atoms with E-state index in [9.17, 15) is 4.39 Å². The number of halogens is 1. The molecule has 1 aromatic carbocycles. The van der Waals surface area contributed by atoms with Gasteiger partial charge in [-0.2, -0.15) is 0 Å². The average molecular weight is 151 g/mol. The van der Waals surface area contributed by atoms with Gasteiger partial charge in [0, 0.05) is 6.04 Å². The monoisotopic (exact) mass is 151 g/mol. The van der Waals surface area contributed by atoms with Crippen LogP contribution in [-0.4, -0.2) is 6.04 Å². The van der Waals surface area contributed by atoms with E-state index in [-0.39, 0.29) is 11.9 Å². The topological polar surface area (TPSA) is 26.0 Å². The van der Waals surface area contributed by atoms with Crippen molar-refractivity contribution in [2.45, 2.75) is 18.9 Å². The zero-order valence-electron chi connectivity index (χ0n) is 6.18. The molecule has 1 aromatic rings. The smallest absolute Gasteiger partial charge is 0.123 e. The number of rotatable bonds is 0. The van der Waals surface area contributed by atoms with Crippen LogP contribution in [0, 0.1) is 5.82 Å². The van der Waals surface area contributed by atoms with Crippen LogP contribution in [0.5, 0.6) is 0 Å². The van der Waals surface area contributed by atoms with Crippen LogP contribution in [0.1, 0.15) is 11.1 Å². The zero-order valence-corrected chi connectivity index (χ0v) is 6.18. The summed E-state index contributed by atoms with van der Waals surface area (Å²) in [5.74, 6) is -0.155. The normalized spacial score (nSPS) is 21.8. The molecule has 0 bridgehead atoms. The summed E-state index contributed by atoms with van der Waals surface area (Å²) in [6, 6.07) is 5.11. The van der Waals surface area contributed by atoms with Gasteiger partial charge < -0.3 is 5.73 Å². The van der Waals surface area contributed by atoms with E-state index in [2.05, 4.69) is 0 Å². The second kappa shape index (κ2) is 2.31. The van der Waals surface area contributed by atoms with Crippen LogP contribution in [0.25, 0.3) is 0 Å². The van der Waals surface area contributed by atoms with Gasteiger partial charge in [0.25, 0.3) is 0 Å². The highest BCUT2D eigenvalue weighted by atomic mass is 19.1. The van der Waals surface area contributed by atoms with Gasteiger partial charge in [-0.15, -0.1) is 0 Å². The Morgan fingerprint density at radius 3 is 2.82 bits per heavy atom. The van der Waals surface area contributed by atoms with Crippen molar-refractivity contribution in [2.75, 3.05) is 0 Å². The molecule has 0 aromatic heterocycles. The minimum Gasteiger partial charge on any atom is -0.327 e. The minimum absolute atomic E-state index is 0.155. The van der Waals surface area contributed by atoms with Gasteiger partial charge in [0.1, 0.15) is 5.82 Å². The van der Waals surface area contributed by atoms with E-state index in [4.69, 9.17) is 5.73 Å². The van der Waals surface area contributed by atoms with E-state index >= 15 is 0 Å². The lowest BCUT2D eigenvalue weighted by Crippen LogP contribution is -2.18. The van der Waals surface area contributed by atoms with Gasteiger partial charge in [0.15, 0.2) is 0 Å². The summed E-state index contributed by atoms with van der Waals surface area (Å²) in [5, 5.41) is 0. The minimum atomic E-state index is -0.155. The average Bonchev–Trinajstić information content (AvgIpc) is 2.27. The van der Waals surface area contributed by atoms with Gasteiger partial charge in [-0.3, -0.25) is 0 Å². The first-order valence-corrected chi connectivity index (χ1v) is 3.78. The molecule has 1 aliphatic carbocycles. The zero-order chi connectivity index (χ0) is 7.84. The summed E-state index contributed by atoms with van der Waals surface area (Å²) in [7, 11) is 0. The molecular formula is C9H10FN. The maximum Gasteiger partial charge on any atom is 0.123 e. The van der Waals surface area contributed by atoms with Crippen LogP contribution < -0.4 is 5.73 Å². The van der Waals surface area contributed by atoms with E-state index in [0.29, 0.717) is 0 Å². The Bertz CT molecular complexity index is 283. The van der Waals surface area contributed by atoms with Crippen molar-refractivity contribution in [3.05, 3.63) is 35.1 Å². The molecule has 0 unspecified atom stereocenters. The summed E-state index contributed by atoms with van der Waals surface area (Å²) in [5.41, 5.74) is 8.00. The van der Waals surface area contributed by atoms with Crippen LogP contribution in [0.3, 0.4) is 0 Å². The number of hydrogen-bond acceptors (Lipinski definition) is 1. The quantitative estimate of drug-likeness (QED) is 0.593. The van der Waals surface area contributed by atoms with Crippen LogP contribution in [0.15, 0.2) is 18.2 Å². The number of nitrogens with two attached hydrogens (primary N) is 1. The largest absolute Gasteiger partial charge is 0.327 e. The van der Waals surface area contributed by atoms with Crippen molar-refractivity contribution < 1.29 is 4.39 Å². The Hall–Kier alpha value is -0.890. The van der Waals surface area contributed by atoms with E-state index in [0.717, 1.165) is 18.4 Å². The Labute approximate surface area is 65.0 Å². The molecule has 2 heteroatoms. The molecule has 1 aliphatic rings. The fourth-order valence-electron chi connectivity index (χ4n) is 1.62. The van der Waals surface area contributed by atoms with Crippen LogP contribution in [0.2, 0.25) is 0 Å².